The van der Waals surface area contributed by atoms with Crippen LogP contribution in [0.5, 0.6) is 0 Å². The highest BCUT2D eigenvalue weighted by Gasteiger charge is 2.28. The van der Waals surface area contributed by atoms with Crippen LogP contribution in [-0.4, -0.2) is 16.5 Å². The van der Waals surface area contributed by atoms with Crippen molar-refractivity contribution in [3.63, 3.8) is 0 Å². The number of nitrogens with one attached hydrogen (secondary N) is 2. The third-order valence-electron chi connectivity index (χ3n) is 4.11. The number of rotatable bonds is 3. The highest BCUT2D eigenvalue weighted by atomic mass is 16.1. The molecule has 0 bridgehead atoms. The molecular weight excluding hydrogens is 238 g/mol. The van der Waals surface area contributed by atoms with Crippen molar-refractivity contribution in [2.75, 3.05) is 11.9 Å². The van der Waals surface area contributed by atoms with Gasteiger partial charge in [-0.25, -0.2) is 4.98 Å². The van der Waals surface area contributed by atoms with Crippen LogP contribution in [0.25, 0.3) is 10.9 Å². The Morgan fingerprint density at radius 3 is 2.84 bits per heavy atom. The molecule has 19 heavy (non-hydrogen) atoms. The summed E-state index contributed by atoms with van der Waals surface area (Å²) in [6, 6.07) is 7.42. The van der Waals surface area contributed by atoms with E-state index in [1.54, 1.807) is 6.07 Å². The first kappa shape index (κ1) is 12.2. The molecule has 0 aliphatic heterocycles. The molecule has 0 spiro atoms. The Balaban J connectivity index is 1.83. The lowest BCUT2D eigenvalue weighted by atomic mass is 9.89. The smallest absolute Gasteiger partial charge is 0.260 e. The van der Waals surface area contributed by atoms with Gasteiger partial charge in [-0.1, -0.05) is 31.9 Å². The fraction of sp³-hybridized carbons (Fsp3) is 0.467. The van der Waals surface area contributed by atoms with Gasteiger partial charge in [0.25, 0.3) is 5.56 Å². The largest absolute Gasteiger partial charge is 0.355 e. The van der Waals surface area contributed by atoms with E-state index in [0.717, 1.165) is 12.1 Å². The van der Waals surface area contributed by atoms with Crippen molar-refractivity contribution in [2.45, 2.75) is 32.6 Å². The maximum atomic E-state index is 11.9. The van der Waals surface area contributed by atoms with E-state index in [1.165, 1.54) is 25.7 Å². The van der Waals surface area contributed by atoms with Crippen LogP contribution in [0, 0.1) is 5.41 Å². The van der Waals surface area contributed by atoms with Crippen molar-refractivity contribution in [1.29, 1.82) is 0 Å². The molecule has 0 radical (unpaired) electrons. The van der Waals surface area contributed by atoms with Gasteiger partial charge in [0.2, 0.25) is 5.95 Å². The van der Waals surface area contributed by atoms with Gasteiger partial charge in [0.05, 0.1) is 10.9 Å². The lowest BCUT2D eigenvalue weighted by Crippen LogP contribution is -2.25. The lowest BCUT2D eigenvalue weighted by Gasteiger charge is -2.23. The molecule has 1 aliphatic carbocycles. The Hall–Kier alpha value is -1.84. The second kappa shape index (κ2) is 4.68. The first-order valence-electron chi connectivity index (χ1n) is 6.89. The number of aromatic nitrogens is 2. The molecule has 2 N–H and O–H groups in total. The molecule has 1 heterocycles. The summed E-state index contributed by atoms with van der Waals surface area (Å²) < 4.78 is 0. The van der Waals surface area contributed by atoms with E-state index in [9.17, 15) is 4.79 Å². The number of para-hydroxylation sites is 1. The van der Waals surface area contributed by atoms with Gasteiger partial charge >= 0.3 is 0 Å². The maximum absolute atomic E-state index is 11.9. The molecular formula is C15H19N3O. The van der Waals surface area contributed by atoms with Crippen LogP contribution in [0.1, 0.15) is 32.6 Å². The molecule has 0 amide bonds. The van der Waals surface area contributed by atoms with Crippen molar-refractivity contribution in [3.05, 3.63) is 34.6 Å². The van der Waals surface area contributed by atoms with Gasteiger partial charge in [0, 0.05) is 6.54 Å². The summed E-state index contributed by atoms with van der Waals surface area (Å²) in [5.41, 5.74) is 1.000. The number of aromatic amines is 1. The van der Waals surface area contributed by atoms with Gasteiger partial charge in [0.1, 0.15) is 0 Å². The van der Waals surface area contributed by atoms with Crippen molar-refractivity contribution in [1.82, 2.24) is 9.97 Å². The lowest BCUT2D eigenvalue weighted by molar-refractivity contribution is 0.361. The van der Waals surface area contributed by atoms with E-state index in [2.05, 4.69) is 22.2 Å². The Kier molecular flexibility index (Phi) is 3.01. The van der Waals surface area contributed by atoms with Gasteiger partial charge in [-0.05, 0) is 30.4 Å². The first-order chi connectivity index (χ1) is 9.16. The standard InChI is InChI=1S/C15H19N3O/c1-15(8-4-5-9-15)10-16-14-17-12-7-3-2-6-11(12)13(19)18-14/h2-3,6-7H,4-5,8-10H2,1H3,(H2,16,17,18,19). The molecule has 4 nitrogen and oxygen atoms in total. The SMILES string of the molecule is CC1(CNc2nc3ccccc3c(=O)[nH]2)CCCC1. The van der Waals surface area contributed by atoms with Crippen LogP contribution in [0.4, 0.5) is 5.95 Å². The van der Waals surface area contributed by atoms with Gasteiger partial charge in [-0.2, -0.15) is 0 Å². The van der Waals surface area contributed by atoms with E-state index in [4.69, 9.17) is 0 Å². The van der Waals surface area contributed by atoms with Crippen molar-refractivity contribution in [3.8, 4) is 0 Å². The van der Waals surface area contributed by atoms with Crippen molar-refractivity contribution < 1.29 is 0 Å². The Morgan fingerprint density at radius 1 is 1.32 bits per heavy atom. The first-order valence-corrected chi connectivity index (χ1v) is 6.89. The van der Waals surface area contributed by atoms with Gasteiger partial charge in [0.15, 0.2) is 0 Å². The number of anilines is 1. The molecule has 1 aromatic carbocycles. The zero-order chi connectivity index (χ0) is 13.3. The van der Waals surface area contributed by atoms with Crippen LogP contribution in [0.2, 0.25) is 0 Å². The number of H-pyrrole nitrogens is 1. The molecule has 0 saturated heterocycles. The summed E-state index contributed by atoms with van der Waals surface area (Å²) >= 11 is 0. The fourth-order valence-electron chi connectivity index (χ4n) is 2.87. The van der Waals surface area contributed by atoms with Crippen LogP contribution >= 0.6 is 0 Å². The molecule has 2 aromatic rings. The van der Waals surface area contributed by atoms with E-state index >= 15 is 0 Å². The predicted molar refractivity (Wildman–Crippen MR) is 77.4 cm³/mol. The molecule has 0 atom stereocenters. The fourth-order valence-corrected chi connectivity index (χ4v) is 2.87. The van der Waals surface area contributed by atoms with Crippen LogP contribution in [-0.2, 0) is 0 Å². The Morgan fingerprint density at radius 2 is 2.05 bits per heavy atom. The summed E-state index contributed by atoms with van der Waals surface area (Å²) in [6.07, 6.45) is 5.11. The molecule has 3 rings (SSSR count). The van der Waals surface area contributed by atoms with Crippen LogP contribution in [0.15, 0.2) is 29.1 Å². The topological polar surface area (TPSA) is 57.8 Å². The highest BCUT2D eigenvalue weighted by Crippen LogP contribution is 2.37. The maximum Gasteiger partial charge on any atom is 0.260 e. The number of hydrogen-bond acceptors (Lipinski definition) is 3. The third-order valence-corrected chi connectivity index (χ3v) is 4.11. The van der Waals surface area contributed by atoms with E-state index in [0.29, 0.717) is 16.7 Å². The van der Waals surface area contributed by atoms with Crippen molar-refractivity contribution in [2.24, 2.45) is 5.41 Å². The average Bonchev–Trinajstić information content (AvgIpc) is 2.84. The van der Waals surface area contributed by atoms with Crippen LogP contribution < -0.4 is 10.9 Å². The normalized spacial score (nSPS) is 17.7. The quantitative estimate of drug-likeness (QED) is 0.888. The minimum absolute atomic E-state index is 0.0790. The molecule has 1 fully saturated rings. The van der Waals surface area contributed by atoms with Gasteiger partial charge in [-0.15, -0.1) is 0 Å². The molecule has 1 aliphatic rings. The second-order valence-electron chi connectivity index (χ2n) is 5.80. The molecule has 4 heteroatoms. The molecule has 1 aromatic heterocycles. The molecule has 1 saturated carbocycles. The predicted octanol–water partition coefficient (Wildman–Crippen LogP) is 2.92. The van der Waals surface area contributed by atoms with Gasteiger partial charge < -0.3 is 5.32 Å². The Bertz CT molecular complexity index is 641. The minimum atomic E-state index is -0.0790. The minimum Gasteiger partial charge on any atom is -0.355 e. The number of fused-ring (bicyclic) bond motifs is 1. The number of benzene rings is 1. The third kappa shape index (κ3) is 2.48. The summed E-state index contributed by atoms with van der Waals surface area (Å²) in [6.45, 7) is 3.17. The molecule has 100 valence electrons. The summed E-state index contributed by atoms with van der Waals surface area (Å²) in [7, 11) is 0. The number of hydrogen-bond donors (Lipinski definition) is 2. The number of nitrogens with zero attached hydrogens (tertiary/aromatic N) is 1. The monoisotopic (exact) mass is 257 g/mol. The summed E-state index contributed by atoms with van der Waals surface area (Å²) in [4.78, 5) is 19.2. The molecule has 0 unspecified atom stereocenters. The van der Waals surface area contributed by atoms with Gasteiger partial charge in [-0.3, -0.25) is 9.78 Å². The Labute approximate surface area is 112 Å². The average molecular weight is 257 g/mol. The van der Waals surface area contributed by atoms with E-state index in [1.807, 2.05) is 18.2 Å². The van der Waals surface area contributed by atoms with Crippen LogP contribution in [0.3, 0.4) is 0 Å². The highest BCUT2D eigenvalue weighted by molar-refractivity contribution is 5.78. The summed E-state index contributed by atoms with van der Waals surface area (Å²) in [5.74, 6) is 0.580. The zero-order valence-electron chi connectivity index (χ0n) is 11.2. The second-order valence-corrected chi connectivity index (χ2v) is 5.80. The van der Waals surface area contributed by atoms with E-state index in [-0.39, 0.29) is 5.56 Å². The van der Waals surface area contributed by atoms with E-state index < -0.39 is 0 Å². The summed E-state index contributed by atoms with van der Waals surface area (Å²) in [5, 5.41) is 3.93. The van der Waals surface area contributed by atoms with Crippen molar-refractivity contribution >= 4 is 16.9 Å². The zero-order valence-corrected chi connectivity index (χ0v) is 11.2.